The smallest absolute Gasteiger partial charge is 0.262 e. The number of nitrogens with one attached hydrogen (secondary N) is 2. The van der Waals surface area contributed by atoms with E-state index in [-0.39, 0.29) is 18.4 Å². The molecule has 5 nitrogen and oxygen atoms in total. The van der Waals surface area contributed by atoms with E-state index in [1.165, 1.54) is 0 Å². The number of anilines is 1. The first-order valence-corrected chi connectivity index (χ1v) is 7.48. The molecule has 0 radical (unpaired) electrons. The van der Waals surface area contributed by atoms with E-state index in [1.807, 2.05) is 43.3 Å². The maximum Gasteiger partial charge on any atom is 0.262 e. The van der Waals surface area contributed by atoms with Gasteiger partial charge < -0.3 is 15.4 Å². The van der Waals surface area contributed by atoms with Crippen LogP contribution in [0.1, 0.15) is 16.7 Å². The van der Waals surface area contributed by atoms with E-state index in [1.54, 1.807) is 6.07 Å². The maximum absolute atomic E-state index is 12.1. The molecular weight excluding hydrogens is 292 g/mol. The van der Waals surface area contributed by atoms with Crippen LogP contribution in [-0.2, 0) is 22.6 Å². The van der Waals surface area contributed by atoms with Gasteiger partial charge in [-0.1, -0.05) is 30.3 Å². The molecule has 118 valence electrons. The van der Waals surface area contributed by atoms with Crippen molar-refractivity contribution < 1.29 is 14.3 Å². The fourth-order valence-corrected chi connectivity index (χ4v) is 2.48. The number of aryl methyl sites for hydroxylation is 1. The van der Waals surface area contributed by atoms with E-state index in [9.17, 15) is 9.59 Å². The Hall–Kier alpha value is -2.82. The number of carbonyl (C=O) groups excluding carboxylic acids is 2. The molecule has 5 heteroatoms. The van der Waals surface area contributed by atoms with Gasteiger partial charge in [-0.15, -0.1) is 0 Å². The minimum absolute atomic E-state index is 0.0303. The molecule has 0 saturated heterocycles. The molecule has 1 aliphatic rings. The maximum atomic E-state index is 12.1. The van der Waals surface area contributed by atoms with Crippen molar-refractivity contribution in [2.75, 3.05) is 11.9 Å². The van der Waals surface area contributed by atoms with Gasteiger partial charge in [0.15, 0.2) is 6.61 Å². The van der Waals surface area contributed by atoms with E-state index >= 15 is 0 Å². The Bertz CT molecular complexity index is 756. The summed E-state index contributed by atoms with van der Waals surface area (Å²) in [6.07, 6.45) is 0.359. The van der Waals surface area contributed by atoms with E-state index in [2.05, 4.69) is 10.6 Å². The molecule has 2 aromatic carbocycles. The van der Waals surface area contributed by atoms with Crippen LogP contribution in [0, 0.1) is 6.92 Å². The predicted molar refractivity (Wildman–Crippen MR) is 87.3 cm³/mol. The summed E-state index contributed by atoms with van der Waals surface area (Å²) in [4.78, 5) is 23.4. The molecule has 2 aromatic rings. The zero-order valence-corrected chi connectivity index (χ0v) is 12.9. The van der Waals surface area contributed by atoms with Crippen LogP contribution in [0.25, 0.3) is 0 Å². The average Bonchev–Trinajstić information content (AvgIpc) is 2.54. The lowest BCUT2D eigenvalue weighted by Crippen LogP contribution is -2.26. The first-order chi connectivity index (χ1) is 11.1. The van der Waals surface area contributed by atoms with Gasteiger partial charge in [0, 0.05) is 6.54 Å². The van der Waals surface area contributed by atoms with Crippen molar-refractivity contribution in [2.24, 2.45) is 0 Å². The molecule has 0 atom stereocenters. The van der Waals surface area contributed by atoms with Crippen LogP contribution < -0.4 is 15.4 Å². The molecule has 23 heavy (non-hydrogen) atoms. The molecule has 2 N–H and O–H groups in total. The van der Waals surface area contributed by atoms with Crippen molar-refractivity contribution in [3.8, 4) is 5.75 Å². The quantitative estimate of drug-likeness (QED) is 0.909. The summed E-state index contributed by atoms with van der Waals surface area (Å²) in [7, 11) is 0. The molecule has 0 spiro atoms. The lowest BCUT2D eigenvalue weighted by Gasteiger charge is -2.18. The third kappa shape index (κ3) is 3.69. The number of ether oxygens (including phenoxy) is 1. The highest BCUT2D eigenvalue weighted by molar-refractivity contribution is 5.95. The molecule has 0 aromatic heterocycles. The molecule has 1 heterocycles. The first kappa shape index (κ1) is 15.1. The Kier molecular flexibility index (Phi) is 4.28. The highest BCUT2D eigenvalue weighted by Crippen LogP contribution is 2.28. The van der Waals surface area contributed by atoms with Gasteiger partial charge in [0.2, 0.25) is 5.91 Å². The Morgan fingerprint density at radius 2 is 2.09 bits per heavy atom. The Morgan fingerprint density at radius 3 is 2.91 bits per heavy atom. The van der Waals surface area contributed by atoms with E-state index in [0.717, 1.165) is 16.7 Å². The summed E-state index contributed by atoms with van der Waals surface area (Å²) >= 11 is 0. The van der Waals surface area contributed by atoms with Crippen molar-refractivity contribution >= 4 is 17.5 Å². The Balaban J connectivity index is 1.60. The van der Waals surface area contributed by atoms with Crippen molar-refractivity contribution in [3.05, 3.63) is 59.2 Å². The van der Waals surface area contributed by atoms with Gasteiger partial charge in [0.05, 0.1) is 12.1 Å². The Labute approximate surface area is 134 Å². The highest BCUT2D eigenvalue weighted by atomic mass is 16.5. The summed E-state index contributed by atoms with van der Waals surface area (Å²) in [5.41, 5.74) is 3.69. The second-order valence-corrected chi connectivity index (χ2v) is 5.55. The second kappa shape index (κ2) is 6.52. The lowest BCUT2D eigenvalue weighted by molar-refractivity contribution is -0.120. The molecule has 0 aliphatic carbocycles. The number of amides is 2. The topological polar surface area (TPSA) is 67.4 Å². The predicted octanol–water partition coefficient (Wildman–Crippen LogP) is 2.18. The Morgan fingerprint density at radius 1 is 1.26 bits per heavy atom. The number of hydrogen-bond acceptors (Lipinski definition) is 3. The monoisotopic (exact) mass is 310 g/mol. The summed E-state index contributed by atoms with van der Waals surface area (Å²) < 4.78 is 5.31. The number of fused-ring (bicyclic) bond motifs is 1. The molecule has 0 saturated carbocycles. The van der Waals surface area contributed by atoms with Crippen LogP contribution >= 0.6 is 0 Å². The SMILES string of the molecule is Cc1ccccc1CC(=O)NCc1ccc2c(c1)NC(=O)CO2. The average molecular weight is 310 g/mol. The van der Waals surface area contributed by atoms with Gasteiger partial charge in [-0.3, -0.25) is 9.59 Å². The van der Waals surface area contributed by atoms with Crippen molar-refractivity contribution in [1.82, 2.24) is 5.32 Å². The zero-order chi connectivity index (χ0) is 16.2. The minimum Gasteiger partial charge on any atom is -0.482 e. The van der Waals surface area contributed by atoms with Crippen LogP contribution in [0.5, 0.6) is 5.75 Å². The minimum atomic E-state index is -0.168. The standard InChI is InChI=1S/C18H18N2O3/c1-12-4-2-3-5-14(12)9-17(21)19-10-13-6-7-16-15(8-13)20-18(22)11-23-16/h2-8H,9-11H2,1H3,(H,19,21)(H,20,22). The molecule has 0 fully saturated rings. The molecular formula is C18H18N2O3. The molecule has 1 aliphatic heterocycles. The van der Waals surface area contributed by atoms with Crippen molar-refractivity contribution in [3.63, 3.8) is 0 Å². The van der Waals surface area contributed by atoms with E-state index < -0.39 is 0 Å². The zero-order valence-electron chi connectivity index (χ0n) is 12.9. The van der Waals surface area contributed by atoms with Gasteiger partial charge in [-0.05, 0) is 35.7 Å². The van der Waals surface area contributed by atoms with Gasteiger partial charge >= 0.3 is 0 Å². The summed E-state index contributed by atoms with van der Waals surface area (Å²) in [6, 6.07) is 13.3. The second-order valence-electron chi connectivity index (χ2n) is 5.55. The lowest BCUT2D eigenvalue weighted by atomic mass is 10.1. The summed E-state index contributed by atoms with van der Waals surface area (Å²) in [5, 5.41) is 5.66. The largest absolute Gasteiger partial charge is 0.482 e. The molecule has 2 amide bonds. The van der Waals surface area contributed by atoms with Crippen molar-refractivity contribution in [1.29, 1.82) is 0 Å². The van der Waals surface area contributed by atoms with Crippen LogP contribution in [0.2, 0.25) is 0 Å². The molecule has 0 bridgehead atoms. The fourth-order valence-electron chi connectivity index (χ4n) is 2.48. The third-order valence-corrected chi connectivity index (χ3v) is 3.78. The molecule has 3 rings (SSSR count). The van der Waals surface area contributed by atoms with E-state index in [0.29, 0.717) is 24.4 Å². The van der Waals surface area contributed by atoms with Gasteiger partial charge in [-0.25, -0.2) is 0 Å². The van der Waals surface area contributed by atoms with Crippen LogP contribution in [-0.4, -0.2) is 18.4 Å². The van der Waals surface area contributed by atoms with Crippen LogP contribution in [0.4, 0.5) is 5.69 Å². The molecule has 0 unspecified atom stereocenters. The first-order valence-electron chi connectivity index (χ1n) is 7.48. The summed E-state index contributed by atoms with van der Waals surface area (Å²) in [5.74, 6) is 0.454. The van der Waals surface area contributed by atoms with Crippen LogP contribution in [0.3, 0.4) is 0 Å². The summed E-state index contributed by atoms with van der Waals surface area (Å²) in [6.45, 7) is 2.45. The van der Waals surface area contributed by atoms with Crippen LogP contribution in [0.15, 0.2) is 42.5 Å². The van der Waals surface area contributed by atoms with Gasteiger partial charge in [-0.2, -0.15) is 0 Å². The number of rotatable bonds is 4. The van der Waals surface area contributed by atoms with Gasteiger partial charge in [0.25, 0.3) is 5.91 Å². The normalized spacial score (nSPS) is 12.8. The van der Waals surface area contributed by atoms with Crippen molar-refractivity contribution in [2.45, 2.75) is 19.9 Å². The number of benzene rings is 2. The van der Waals surface area contributed by atoms with E-state index in [4.69, 9.17) is 4.74 Å². The number of hydrogen-bond donors (Lipinski definition) is 2. The third-order valence-electron chi connectivity index (χ3n) is 3.78. The fraction of sp³-hybridized carbons (Fsp3) is 0.222. The van der Waals surface area contributed by atoms with Gasteiger partial charge in [0.1, 0.15) is 5.75 Å². The highest BCUT2D eigenvalue weighted by Gasteiger charge is 2.16. The number of carbonyl (C=O) groups is 2.